The maximum Gasteiger partial charge on any atom is 0.340 e. The lowest BCUT2D eigenvalue weighted by atomic mass is 10.1. The van der Waals surface area contributed by atoms with Crippen LogP contribution in [-0.2, 0) is 0 Å². The Morgan fingerprint density at radius 2 is 2.00 bits per heavy atom. The van der Waals surface area contributed by atoms with E-state index in [0.29, 0.717) is 4.47 Å². The Labute approximate surface area is 110 Å². The van der Waals surface area contributed by atoms with Gasteiger partial charge < -0.3 is 10.5 Å². The first-order valence-electron chi connectivity index (χ1n) is 5.08. The van der Waals surface area contributed by atoms with Gasteiger partial charge in [0.25, 0.3) is 0 Å². The first kappa shape index (κ1) is 15.2. The van der Waals surface area contributed by atoms with E-state index in [0.717, 1.165) is 5.56 Å². The van der Waals surface area contributed by atoms with Gasteiger partial charge in [-0.1, -0.05) is 6.07 Å². The van der Waals surface area contributed by atoms with Gasteiger partial charge in [-0.2, -0.15) is 8.78 Å². The molecule has 1 atom stereocenters. The zero-order chi connectivity index (χ0) is 13.9. The molecule has 0 bridgehead atoms. The second-order valence-electron chi connectivity index (χ2n) is 3.83. The standard InChI is InChI=1S/C11H12BrF4NO/c1-6(17)7-2-3-9(8(12)4-7)18-5-11(15,16)10(13)14/h2-4,6,10H,5,17H2,1H3/t6-/m0/s1. The fourth-order valence-electron chi connectivity index (χ4n) is 1.15. The lowest BCUT2D eigenvalue weighted by molar-refractivity contribution is -0.148. The minimum Gasteiger partial charge on any atom is -0.486 e. The van der Waals surface area contributed by atoms with E-state index in [1.165, 1.54) is 6.07 Å². The molecule has 0 heterocycles. The van der Waals surface area contributed by atoms with Crippen LogP contribution in [0.2, 0.25) is 0 Å². The Bertz CT molecular complexity index is 412. The monoisotopic (exact) mass is 329 g/mol. The number of rotatable bonds is 5. The maximum absolute atomic E-state index is 12.7. The summed E-state index contributed by atoms with van der Waals surface area (Å²) < 4.78 is 54.2. The van der Waals surface area contributed by atoms with Gasteiger partial charge in [-0.3, -0.25) is 0 Å². The van der Waals surface area contributed by atoms with Crippen LogP contribution in [0.25, 0.3) is 0 Å². The molecule has 1 aromatic rings. The molecule has 0 unspecified atom stereocenters. The van der Waals surface area contributed by atoms with E-state index in [4.69, 9.17) is 5.73 Å². The van der Waals surface area contributed by atoms with E-state index in [1.54, 1.807) is 19.1 Å². The van der Waals surface area contributed by atoms with Crippen LogP contribution in [0.5, 0.6) is 5.75 Å². The predicted octanol–water partition coefficient (Wildman–Crippen LogP) is 3.75. The van der Waals surface area contributed by atoms with Gasteiger partial charge in [-0.15, -0.1) is 0 Å². The normalized spacial score (nSPS) is 13.8. The third kappa shape index (κ3) is 3.84. The molecule has 0 aliphatic rings. The van der Waals surface area contributed by atoms with Crippen molar-refractivity contribution in [2.24, 2.45) is 5.73 Å². The van der Waals surface area contributed by atoms with E-state index >= 15 is 0 Å². The average Bonchev–Trinajstić information content (AvgIpc) is 2.26. The first-order valence-corrected chi connectivity index (χ1v) is 5.87. The SMILES string of the molecule is C[C@H](N)c1ccc(OCC(F)(F)C(F)F)c(Br)c1. The van der Waals surface area contributed by atoms with Crippen LogP contribution in [0, 0.1) is 0 Å². The molecule has 0 radical (unpaired) electrons. The number of nitrogens with two attached hydrogens (primary N) is 1. The molecule has 18 heavy (non-hydrogen) atoms. The zero-order valence-electron chi connectivity index (χ0n) is 9.47. The molecule has 0 aromatic heterocycles. The number of hydrogen-bond donors (Lipinski definition) is 1. The second-order valence-corrected chi connectivity index (χ2v) is 4.68. The van der Waals surface area contributed by atoms with Crippen molar-refractivity contribution in [3.05, 3.63) is 28.2 Å². The number of hydrogen-bond acceptors (Lipinski definition) is 2. The summed E-state index contributed by atoms with van der Waals surface area (Å²) in [5.41, 5.74) is 6.41. The summed E-state index contributed by atoms with van der Waals surface area (Å²) in [4.78, 5) is 0. The summed E-state index contributed by atoms with van der Waals surface area (Å²) in [5.74, 6) is -4.10. The smallest absolute Gasteiger partial charge is 0.340 e. The maximum atomic E-state index is 12.7. The minimum absolute atomic E-state index is 0.0692. The van der Waals surface area contributed by atoms with Crippen LogP contribution in [0.4, 0.5) is 17.6 Å². The number of ether oxygens (including phenoxy) is 1. The lowest BCUT2D eigenvalue weighted by Crippen LogP contribution is -2.33. The van der Waals surface area contributed by atoms with Crippen molar-refractivity contribution in [3.8, 4) is 5.75 Å². The Balaban J connectivity index is 2.75. The highest BCUT2D eigenvalue weighted by molar-refractivity contribution is 9.10. The lowest BCUT2D eigenvalue weighted by Gasteiger charge is -2.17. The van der Waals surface area contributed by atoms with Gasteiger partial charge in [0.1, 0.15) is 5.75 Å². The van der Waals surface area contributed by atoms with Crippen LogP contribution in [0.1, 0.15) is 18.5 Å². The quantitative estimate of drug-likeness (QED) is 0.835. The van der Waals surface area contributed by atoms with Crippen molar-refractivity contribution < 1.29 is 22.3 Å². The second kappa shape index (κ2) is 5.88. The van der Waals surface area contributed by atoms with Crippen LogP contribution in [-0.4, -0.2) is 19.0 Å². The summed E-state index contributed by atoms with van der Waals surface area (Å²) in [6, 6.07) is 4.37. The average molecular weight is 330 g/mol. The molecule has 0 aliphatic heterocycles. The highest BCUT2D eigenvalue weighted by Crippen LogP contribution is 2.30. The van der Waals surface area contributed by atoms with Crippen molar-refractivity contribution in [1.29, 1.82) is 0 Å². The Morgan fingerprint density at radius 1 is 1.39 bits per heavy atom. The fourth-order valence-corrected chi connectivity index (χ4v) is 1.67. The third-order valence-electron chi connectivity index (χ3n) is 2.22. The molecule has 7 heteroatoms. The van der Waals surface area contributed by atoms with Gasteiger partial charge in [0.05, 0.1) is 4.47 Å². The van der Waals surface area contributed by atoms with E-state index < -0.39 is 19.0 Å². The molecular weight excluding hydrogens is 318 g/mol. The van der Waals surface area contributed by atoms with Gasteiger partial charge >= 0.3 is 12.3 Å². The molecule has 0 fully saturated rings. The van der Waals surface area contributed by atoms with Crippen molar-refractivity contribution in [1.82, 2.24) is 0 Å². The number of alkyl halides is 4. The highest BCUT2D eigenvalue weighted by Gasteiger charge is 2.41. The molecule has 0 amide bonds. The van der Waals surface area contributed by atoms with Crippen molar-refractivity contribution in [2.75, 3.05) is 6.61 Å². The first-order chi connectivity index (χ1) is 8.24. The Morgan fingerprint density at radius 3 is 2.44 bits per heavy atom. The third-order valence-corrected chi connectivity index (χ3v) is 2.84. The largest absolute Gasteiger partial charge is 0.486 e. The van der Waals surface area contributed by atoms with Crippen molar-refractivity contribution in [2.45, 2.75) is 25.3 Å². The number of benzene rings is 1. The Hall–Kier alpha value is -0.820. The van der Waals surface area contributed by atoms with E-state index in [1.807, 2.05) is 0 Å². The van der Waals surface area contributed by atoms with Crippen molar-refractivity contribution >= 4 is 15.9 Å². The van der Waals surface area contributed by atoms with Gasteiger partial charge in [0, 0.05) is 6.04 Å². The van der Waals surface area contributed by atoms with Gasteiger partial charge in [-0.05, 0) is 40.5 Å². The van der Waals surface area contributed by atoms with E-state index in [2.05, 4.69) is 20.7 Å². The van der Waals surface area contributed by atoms with Crippen molar-refractivity contribution in [3.63, 3.8) is 0 Å². The molecule has 1 rings (SSSR count). The van der Waals surface area contributed by atoms with E-state index in [9.17, 15) is 17.6 Å². The molecule has 2 N–H and O–H groups in total. The summed E-state index contributed by atoms with van der Waals surface area (Å²) in [5, 5.41) is 0. The predicted molar refractivity (Wildman–Crippen MR) is 63.2 cm³/mol. The molecule has 0 saturated carbocycles. The molecule has 1 aromatic carbocycles. The van der Waals surface area contributed by atoms with Gasteiger partial charge in [0.15, 0.2) is 6.61 Å². The molecule has 0 saturated heterocycles. The summed E-state index contributed by atoms with van der Waals surface area (Å²) in [6.07, 6.45) is -3.75. The Kier molecular flexibility index (Phi) is 4.98. The van der Waals surface area contributed by atoms with Crippen LogP contribution >= 0.6 is 15.9 Å². The number of halogens is 5. The van der Waals surface area contributed by atoms with E-state index in [-0.39, 0.29) is 11.8 Å². The molecule has 102 valence electrons. The summed E-state index contributed by atoms with van der Waals surface area (Å²) in [7, 11) is 0. The summed E-state index contributed by atoms with van der Waals surface area (Å²) >= 11 is 3.11. The van der Waals surface area contributed by atoms with Crippen LogP contribution in [0.15, 0.2) is 22.7 Å². The molecular formula is C11H12BrF4NO. The zero-order valence-corrected chi connectivity index (χ0v) is 11.1. The fraction of sp³-hybridized carbons (Fsp3) is 0.455. The summed E-state index contributed by atoms with van der Waals surface area (Å²) in [6.45, 7) is 0.383. The molecule has 0 spiro atoms. The molecule has 2 nitrogen and oxygen atoms in total. The highest BCUT2D eigenvalue weighted by atomic mass is 79.9. The minimum atomic E-state index is -4.17. The van der Waals surface area contributed by atoms with Crippen LogP contribution in [0.3, 0.4) is 0 Å². The van der Waals surface area contributed by atoms with Gasteiger partial charge in [-0.25, -0.2) is 8.78 Å². The topological polar surface area (TPSA) is 35.2 Å². The van der Waals surface area contributed by atoms with Gasteiger partial charge in [0.2, 0.25) is 0 Å². The van der Waals surface area contributed by atoms with Crippen LogP contribution < -0.4 is 10.5 Å². The molecule has 0 aliphatic carbocycles.